The summed E-state index contributed by atoms with van der Waals surface area (Å²) >= 11 is 0. The maximum absolute atomic E-state index is 11.3. The number of nitrogens with zero attached hydrogens (tertiary/aromatic N) is 3. The molecule has 0 aliphatic carbocycles. The van der Waals surface area contributed by atoms with Gasteiger partial charge in [0.25, 0.3) is 0 Å². The van der Waals surface area contributed by atoms with Gasteiger partial charge < -0.3 is 9.64 Å². The van der Waals surface area contributed by atoms with Crippen molar-refractivity contribution in [1.29, 1.82) is 0 Å². The van der Waals surface area contributed by atoms with Crippen LogP contribution in [0, 0.1) is 5.92 Å². The molecule has 17 heavy (non-hydrogen) atoms. The number of carbonyl (C=O) groups is 1. The van der Waals surface area contributed by atoms with Crippen LogP contribution in [0.4, 0.5) is 5.82 Å². The Balaban J connectivity index is 2.17. The molecule has 0 spiro atoms. The summed E-state index contributed by atoms with van der Waals surface area (Å²) < 4.78 is 4.62. The first kappa shape index (κ1) is 11.8. The van der Waals surface area contributed by atoms with Crippen LogP contribution < -0.4 is 4.90 Å². The van der Waals surface area contributed by atoms with E-state index in [9.17, 15) is 4.79 Å². The summed E-state index contributed by atoms with van der Waals surface area (Å²) in [6.45, 7) is 4.20. The lowest BCUT2D eigenvalue weighted by molar-refractivity contribution is 0.0586. The molecule has 0 radical (unpaired) electrons. The Labute approximate surface area is 101 Å². The first-order valence-electron chi connectivity index (χ1n) is 5.87. The molecule has 1 aliphatic rings. The first-order chi connectivity index (χ1) is 8.20. The van der Waals surface area contributed by atoms with Crippen LogP contribution in [-0.4, -0.2) is 36.1 Å². The van der Waals surface area contributed by atoms with Crippen molar-refractivity contribution in [2.75, 3.05) is 25.1 Å². The Hall–Kier alpha value is -1.65. The summed E-state index contributed by atoms with van der Waals surface area (Å²) in [7, 11) is 1.33. The normalized spacial score (nSPS) is 20.1. The number of ether oxygens (including phenoxy) is 1. The third-order valence-electron chi connectivity index (χ3n) is 2.99. The van der Waals surface area contributed by atoms with Gasteiger partial charge in [-0.3, -0.25) is 0 Å². The maximum Gasteiger partial charge on any atom is 0.376 e. The molecule has 1 unspecified atom stereocenters. The fourth-order valence-corrected chi connectivity index (χ4v) is 2.11. The zero-order chi connectivity index (χ0) is 12.3. The molecule has 0 amide bonds. The second-order valence-corrected chi connectivity index (χ2v) is 4.42. The molecule has 1 aliphatic heterocycles. The highest BCUT2D eigenvalue weighted by atomic mass is 16.5. The Morgan fingerprint density at radius 2 is 2.41 bits per heavy atom. The summed E-state index contributed by atoms with van der Waals surface area (Å²) in [5.74, 6) is 1.12. The van der Waals surface area contributed by atoms with E-state index in [1.54, 1.807) is 6.20 Å². The van der Waals surface area contributed by atoms with E-state index in [0.717, 1.165) is 18.9 Å². The predicted octanol–water partition coefficient (Wildman–Crippen LogP) is 1.50. The van der Waals surface area contributed by atoms with E-state index in [0.29, 0.717) is 5.92 Å². The van der Waals surface area contributed by atoms with E-state index < -0.39 is 5.97 Å². The van der Waals surface area contributed by atoms with Crippen molar-refractivity contribution >= 4 is 11.8 Å². The summed E-state index contributed by atoms with van der Waals surface area (Å²) in [4.78, 5) is 21.7. The molecule has 1 aromatic rings. The Morgan fingerprint density at radius 1 is 1.59 bits per heavy atom. The average Bonchev–Trinajstić information content (AvgIpc) is 2.38. The van der Waals surface area contributed by atoms with Crippen molar-refractivity contribution in [3.8, 4) is 0 Å². The van der Waals surface area contributed by atoms with Gasteiger partial charge in [0, 0.05) is 19.3 Å². The second kappa shape index (κ2) is 5.12. The minimum atomic E-state index is -0.489. The fraction of sp³-hybridized carbons (Fsp3) is 0.583. The monoisotopic (exact) mass is 235 g/mol. The van der Waals surface area contributed by atoms with Gasteiger partial charge in [0.2, 0.25) is 5.82 Å². The van der Waals surface area contributed by atoms with Gasteiger partial charge in [-0.25, -0.2) is 14.8 Å². The predicted molar refractivity (Wildman–Crippen MR) is 64.0 cm³/mol. The van der Waals surface area contributed by atoms with Gasteiger partial charge in [-0.15, -0.1) is 0 Å². The number of hydrogen-bond donors (Lipinski definition) is 0. The molecule has 1 aromatic heterocycles. The van der Waals surface area contributed by atoms with Gasteiger partial charge in [-0.2, -0.15) is 0 Å². The molecular weight excluding hydrogens is 218 g/mol. The topological polar surface area (TPSA) is 55.3 Å². The van der Waals surface area contributed by atoms with Gasteiger partial charge in [0.1, 0.15) is 5.82 Å². The first-order valence-corrected chi connectivity index (χ1v) is 5.87. The number of hydrogen-bond acceptors (Lipinski definition) is 5. The van der Waals surface area contributed by atoms with Crippen LogP contribution in [0.3, 0.4) is 0 Å². The highest BCUT2D eigenvalue weighted by Gasteiger charge is 2.19. The minimum absolute atomic E-state index is 0.128. The molecule has 0 aromatic carbocycles. The summed E-state index contributed by atoms with van der Waals surface area (Å²) in [5.41, 5.74) is 0. The number of rotatable bonds is 2. The third-order valence-corrected chi connectivity index (χ3v) is 2.99. The highest BCUT2D eigenvalue weighted by molar-refractivity contribution is 5.85. The quantitative estimate of drug-likeness (QED) is 0.727. The Kier molecular flexibility index (Phi) is 3.56. The van der Waals surface area contributed by atoms with Gasteiger partial charge in [-0.1, -0.05) is 6.92 Å². The SMILES string of the molecule is COC(=O)c1nccc(N2CCCC(C)C2)n1. The van der Waals surface area contributed by atoms with Crippen LogP contribution in [0.2, 0.25) is 0 Å². The van der Waals surface area contributed by atoms with Crippen LogP contribution in [-0.2, 0) is 4.74 Å². The number of piperidine rings is 1. The molecule has 92 valence electrons. The highest BCUT2D eigenvalue weighted by Crippen LogP contribution is 2.20. The zero-order valence-corrected chi connectivity index (χ0v) is 10.2. The molecule has 5 heteroatoms. The summed E-state index contributed by atoms with van der Waals surface area (Å²) in [6.07, 6.45) is 4.03. The lowest BCUT2D eigenvalue weighted by Gasteiger charge is -2.31. The largest absolute Gasteiger partial charge is 0.463 e. The van der Waals surface area contributed by atoms with Crippen molar-refractivity contribution in [3.63, 3.8) is 0 Å². The molecule has 0 N–H and O–H groups in total. The van der Waals surface area contributed by atoms with Crippen molar-refractivity contribution in [1.82, 2.24) is 9.97 Å². The van der Waals surface area contributed by atoms with Crippen LogP contribution in [0.1, 0.15) is 30.4 Å². The van der Waals surface area contributed by atoms with E-state index in [-0.39, 0.29) is 5.82 Å². The molecule has 2 rings (SSSR count). The Bertz CT molecular complexity index is 408. The maximum atomic E-state index is 11.3. The van der Waals surface area contributed by atoms with E-state index >= 15 is 0 Å². The van der Waals surface area contributed by atoms with Gasteiger partial charge in [-0.05, 0) is 24.8 Å². The van der Waals surface area contributed by atoms with Crippen molar-refractivity contribution < 1.29 is 9.53 Å². The standard InChI is InChI=1S/C12H17N3O2/c1-9-4-3-7-15(8-9)10-5-6-13-11(14-10)12(16)17-2/h5-6,9H,3-4,7-8H2,1-2H3. The van der Waals surface area contributed by atoms with Crippen LogP contribution >= 0.6 is 0 Å². The van der Waals surface area contributed by atoms with Crippen molar-refractivity contribution in [2.24, 2.45) is 5.92 Å². The second-order valence-electron chi connectivity index (χ2n) is 4.42. The molecule has 1 atom stereocenters. The molecule has 5 nitrogen and oxygen atoms in total. The van der Waals surface area contributed by atoms with Gasteiger partial charge >= 0.3 is 5.97 Å². The molecule has 0 saturated carbocycles. The lowest BCUT2D eigenvalue weighted by Crippen LogP contribution is -2.35. The average molecular weight is 235 g/mol. The number of carbonyl (C=O) groups excluding carboxylic acids is 1. The van der Waals surface area contributed by atoms with E-state index in [1.165, 1.54) is 20.0 Å². The fourth-order valence-electron chi connectivity index (χ4n) is 2.11. The summed E-state index contributed by atoms with van der Waals surface area (Å²) in [6, 6.07) is 1.84. The lowest BCUT2D eigenvalue weighted by atomic mass is 10.0. The Morgan fingerprint density at radius 3 is 3.12 bits per heavy atom. The molecular formula is C12H17N3O2. The molecule has 1 saturated heterocycles. The third kappa shape index (κ3) is 2.72. The van der Waals surface area contributed by atoms with E-state index in [1.807, 2.05) is 6.07 Å². The number of anilines is 1. The van der Waals surface area contributed by atoms with E-state index in [2.05, 4.69) is 26.5 Å². The van der Waals surface area contributed by atoms with Crippen LogP contribution in [0.25, 0.3) is 0 Å². The smallest absolute Gasteiger partial charge is 0.376 e. The number of methoxy groups -OCH3 is 1. The van der Waals surface area contributed by atoms with Gasteiger partial charge in [0.05, 0.1) is 7.11 Å². The van der Waals surface area contributed by atoms with Crippen molar-refractivity contribution in [3.05, 3.63) is 18.1 Å². The van der Waals surface area contributed by atoms with Crippen LogP contribution in [0.15, 0.2) is 12.3 Å². The van der Waals surface area contributed by atoms with Crippen LogP contribution in [0.5, 0.6) is 0 Å². The molecule has 2 heterocycles. The zero-order valence-electron chi connectivity index (χ0n) is 10.2. The van der Waals surface area contributed by atoms with Crippen molar-refractivity contribution in [2.45, 2.75) is 19.8 Å². The van der Waals surface area contributed by atoms with E-state index in [4.69, 9.17) is 0 Å². The number of aromatic nitrogens is 2. The summed E-state index contributed by atoms with van der Waals surface area (Å²) in [5, 5.41) is 0. The van der Waals surface area contributed by atoms with Gasteiger partial charge in [0.15, 0.2) is 0 Å². The molecule has 0 bridgehead atoms. The number of esters is 1. The minimum Gasteiger partial charge on any atom is -0.463 e. The molecule has 1 fully saturated rings.